The summed E-state index contributed by atoms with van der Waals surface area (Å²) in [6, 6.07) is 5.74. The third-order valence-corrected chi connectivity index (χ3v) is 2.96. The second-order valence-corrected chi connectivity index (χ2v) is 4.29. The lowest BCUT2D eigenvalue weighted by molar-refractivity contribution is 0.111. The van der Waals surface area contributed by atoms with Crippen molar-refractivity contribution >= 4 is 12.0 Å². The number of rotatable bonds is 5. The van der Waals surface area contributed by atoms with E-state index in [0.717, 1.165) is 44.7 Å². The van der Waals surface area contributed by atoms with Gasteiger partial charge in [0.05, 0.1) is 25.4 Å². The van der Waals surface area contributed by atoms with Crippen LogP contribution in [0.2, 0.25) is 0 Å². The number of carbonyl (C=O) groups is 1. The number of hydrogen-bond acceptors (Lipinski definition) is 4. The summed E-state index contributed by atoms with van der Waals surface area (Å²) in [6.07, 6.45) is 1.77. The van der Waals surface area contributed by atoms with E-state index in [1.807, 2.05) is 25.1 Å². The van der Waals surface area contributed by atoms with Crippen LogP contribution in [0.5, 0.6) is 5.75 Å². The van der Waals surface area contributed by atoms with Crippen LogP contribution in [0.15, 0.2) is 18.2 Å². The molecule has 0 spiro atoms. The highest BCUT2D eigenvalue weighted by Crippen LogP contribution is 2.25. The molecule has 0 N–H and O–H groups in total. The summed E-state index contributed by atoms with van der Waals surface area (Å²) < 4.78 is 11.0. The first-order chi connectivity index (χ1) is 8.85. The Morgan fingerprint density at radius 1 is 1.39 bits per heavy atom. The minimum atomic E-state index is 0.612. The predicted octanol–water partition coefficient (Wildman–Crippen LogP) is 2.12. The molecular formula is C14H19NO3. The largest absolute Gasteiger partial charge is 0.493 e. The van der Waals surface area contributed by atoms with Crippen LogP contribution in [0.3, 0.4) is 0 Å². The Hall–Kier alpha value is -1.55. The van der Waals surface area contributed by atoms with Crippen molar-refractivity contribution in [3.63, 3.8) is 0 Å². The number of anilines is 1. The summed E-state index contributed by atoms with van der Waals surface area (Å²) in [6.45, 7) is 5.95. The van der Waals surface area contributed by atoms with Crippen LogP contribution >= 0.6 is 0 Å². The smallest absolute Gasteiger partial charge is 0.153 e. The maximum Gasteiger partial charge on any atom is 0.153 e. The topological polar surface area (TPSA) is 38.8 Å². The molecule has 4 nitrogen and oxygen atoms in total. The number of aldehydes is 1. The summed E-state index contributed by atoms with van der Waals surface area (Å²) in [7, 11) is 0. The van der Waals surface area contributed by atoms with E-state index in [9.17, 15) is 4.79 Å². The van der Waals surface area contributed by atoms with Crippen molar-refractivity contribution in [1.29, 1.82) is 0 Å². The third kappa shape index (κ3) is 3.01. The Morgan fingerprint density at radius 3 is 2.83 bits per heavy atom. The van der Waals surface area contributed by atoms with Gasteiger partial charge in [0.15, 0.2) is 6.29 Å². The van der Waals surface area contributed by atoms with Crippen LogP contribution in [0.1, 0.15) is 23.7 Å². The number of carbonyl (C=O) groups excluding carboxylic acids is 1. The standard InChI is InChI=1S/C14H19NO3/c1-2-7-18-14-10-13(4-3-12(14)11-16)15-5-8-17-9-6-15/h3-4,10-11H,2,5-9H2,1H3. The van der Waals surface area contributed by atoms with E-state index in [4.69, 9.17) is 9.47 Å². The molecule has 0 amide bonds. The molecule has 4 heteroatoms. The number of ether oxygens (including phenoxy) is 2. The van der Waals surface area contributed by atoms with Crippen LogP contribution in [-0.4, -0.2) is 39.2 Å². The number of morpholine rings is 1. The highest BCUT2D eigenvalue weighted by atomic mass is 16.5. The molecule has 2 rings (SSSR count). The fourth-order valence-corrected chi connectivity index (χ4v) is 1.98. The minimum absolute atomic E-state index is 0.612. The molecule has 1 aliphatic heterocycles. The molecule has 18 heavy (non-hydrogen) atoms. The van der Waals surface area contributed by atoms with Crippen LogP contribution in [0.4, 0.5) is 5.69 Å². The molecule has 98 valence electrons. The summed E-state index contributed by atoms with van der Waals surface area (Å²) in [5.41, 5.74) is 1.70. The van der Waals surface area contributed by atoms with Gasteiger partial charge in [0.1, 0.15) is 5.75 Å². The van der Waals surface area contributed by atoms with Crippen molar-refractivity contribution < 1.29 is 14.3 Å². The highest BCUT2D eigenvalue weighted by Gasteiger charge is 2.13. The lowest BCUT2D eigenvalue weighted by Gasteiger charge is -2.29. The fraction of sp³-hybridized carbons (Fsp3) is 0.500. The van der Waals surface area contributed by atoms with Crippen LogP contribution in [-0.2, 0) is 4.74 Å². The van der Waals surface area contributed by atoms with E-state index >= 15 is 0 Å². The molecule has 0 radical (unpaired) electrons. The highest BCUT2D eigenvalue weighted by molar-refractivity contribution is 5.80. The van der Waals surface area contributed by atoms with E-state index < -0.39 is 0 Å². The molecule has 1 heterocycles. The molecule has 0 bridgehead atoms. The van der Waals surface area contributed by atoms with Crippen LogP contribution in [0, 0.1) is 0 Å². The molecule has 1 aliphatic rings. The van der Waals surface area contributed by atoms with Crippen molar-refractivity contribution in [2.75, 3.05) is 37.8 Å². The molecule has 1 aromatic carbocycles. The molecule has 0 atom stereocenters. The molecule has 1 aromatic rings. The third-order valence-electron chi connectivity index (χ3n) is 2.96. The van der Waals surface area contributed by atoms with Crippen molar-refractivity contribution in [3.05, 3.63) is 23.8 Å². The van der Waals surface area contributed by atoms with E-state index in [0.29, 0.717) is 17.9 Å². The molecule has 0 unspecified atom stereocenters. The second-order valence-electron chi connectivity index (χ2n) is 4.29. The van der Waals surface area contributed by atoms with Crippen molar-refractivity contribution in [2.45, 2.75) is 13.3 Å². The van der Waals surface area contributed by atoms with E-state index in [2.05, 4.69) is 4.90 Å². The van der Waals surface area contributed by atoms with E-state index in [1.165, 1.54) is 0 Å². The van der Waals surface area contributed by atoms with Gasteiger partial charge in [-0.05, 0) is 18.6 Å². The van der Waals surface area contributed by atoms with Gasteiger partial charge >= 0.3 is 0 Å². The lowest BCUT2D eigenvalue weighted by atomic mass is 10.1. The van der Waals surface area contributed by atoms with Gasteiger partial charge in [0.25, 0.3) is 0 Å². The van der Waals surface area contributed by atoms with Gasteiger partial charge in [0, 0.05) is 24.8 Å². The van der Waals surface area contributed by atoms with E-state index in [-0.39, 0.29) is 0 Å². The SMILES string of the molecule is CCCOc1cc(N2CCOCC2)ccc1C=O. The summed E-state index contributed by atoms with van der Waals surface area (Å²) >= 11 is 0. The normalized spacial score (nSPS) is 15.5. The first-order valence-electron chi connectivity index (χ1n) is 6.40. The molecular weight excluding hydrogens is 230 g/mol. The van der Waals surface area contributed by atoms with Gasteiger partial charge in [-0.3, -0.25) is 4.79 Å². The maximum atomic E-state index is 11.0. The van der Waals surface area contributed by atoms with Crippen molar-refractivity contribution in [3.8, 4) is 5.75 Å². The first kappa shape index (κ1) is 12.9. The minimum Gasteiger partial charge on any atom is -0.493 e. The maximum absolute atomic E-state index is 11.0. The van der Waals surface area contributed by atoms with Crippen molar-refractivity contribution in [1.82, 2.24) is 0 Å². The van der Waals surface area contributed by atoms with Gasteiger partial charge in [-0.1, -0.05) is 6.92 Å². The van der Waals surface area contributed by atoms with Crippen LogP contribution < -0.4 is 9.64 Å². The average molecular weight is 249 g/mol. The summed E-state index contributed by atoms with van der Waals surface area (Å²) in [4.78, 5) is 13.2. The zero-order valence-electron chi connectivity index (χ0n) is 10.7. The first-order valence-corrected chi connectivity index (χ1v) is 6.40. The van der Waals surface area contributed by atoms with Gasteiger partial charge in [-0.15, -0.1) is 0 Å². The number of hydrogen-bond donors (Lipinski definition) is 0. The Labute approximate surface area is 107 Å². The Balaban J connectivity index is 2.17. The predicted molar refractivity (Wildman–Crippen MR) is 70.6 cm³/mol. The monoisotopic (exact) mass is 249 g/mol. The van der Waals surface area contributed by atoms with Gasteiger partial charge in [-0.2, -0.15) is 0 Å². The molecule has 1 fully saturated rings. The number of nitrogens with zero attached hydrogens (tertiary/aromatic N) is 1. The fourth-order valence-electron chi connectivity index (χ4n) is 1.98. The van der Waals surface area contributed by atoms with Gasteiger partial charge in [0.2, 0.25) is 0 Å². The lowest BCUT2D eigenvalue weighted by Crippen LogP contribution is -2.36. The summed E-state index contributed by atoms with van der Waals surface area (Å²) in [5.74, 6) is 0.677. The second kappa shape index (κ2) is 6.40. The molecule has 0 aliphatic carbocycles. The van der Waals surface area contributed by atoms with Gasteiger partial charge in [-0.25, -0.2) is 0 Å². The Kier molecular flexibility index (Phi) is 4.59. The molecule has 1 saturated heterocycles. The molecule has 0 saturated carbocycles. The summed E-state index contributed by atoms with van der Waals surface area (Å²) in [5, 5.41) is 0. The van der Waals surface area contributed by atoms with Crippen LogP contribution in [0.25, 0.3) is 0 Å². The zero-order chi connectivity index (χ0) is 12.8. The van der Waals surface area contributed by atoms with Crippen molar-refractivity contribution in [2.24, 2.45) is 0 Å². The van der Waals surface area contributed by atoms with Gasteiger partial charge < -0.3 is 14.4 Å². The quantitative estimate of drug-likeness (QED) is 0.749. The average Bonchev–Trinajstić information content (AvgIpc) is 2.45. The molecule has 0 aromatic heterocycles. The zero-order valence-corrected chi connectivity index (χ0v) is 10.7. The Morgan fingerprint density at radius 2 is 2.17 bits per heavy atom. The van der Waals surface area contributed by atoms with E-state index in [1.54, 1.807) is 0 Å². The number of benzene rings is 1. The Bertz CT molecular complexity index is 400.